The number of hydrogen-bond donors (Lipinski definition) is 2. The summed E-state index contributed by atoms with van der Waals surface area (Å²) < 4.78 is 0. The minimum atomic E-state index is -0.934. The van der Waals surface area contributed by atoms with Gasteiger partial charge in [-0.15, -0.1) is 0 Å². The molecule has 84 valence electrons. The van der Waals surface area contributed by atoms with E-state index in [1.807, 2.05) is 0 Å². The molecule has 0 bridgehead atoms. The molecule has 0 aliphatic rings. The molecule has 1 unspecified atom stereocenters. The van der Waals surface area contributed by atoms with Gasteiger partial charge in [0, 0.05) is 18.4 Å². The third-order valence-corrected chi connectivity index (χ3v) is 1.54. The van der Waals surface area contributed by atoms with Crippen molar-refractivity contribution in [3.63, 3.8) is 0 Å². The van der Waals surface area contributed by atoms with Crippen molar-refractivity contribution in [2.45, 2.75) is 19.9 Å². The van der Waals surface area contributed by atoms with Gasteiger partial charge < -0.3 is 10.5 Å². The molecule has 0 aliphatic carbocycles. The predicted molar refractivity (Wildman–Crippen MR) is 53.5 cm³/mol. The zero-order chi connectivity index (χ0) is 11.8. The highest BCUT2D eigenvalue weighted by Gasteiger charge is 2.11. The fourth-order valence-electron chi connectivity index (χ4n) is 0.706. The van der Waals surface area contributed by atoms with E-state index in [1.54, 1.807) is 6.92 Å². The van der Waals surface area contributed by atoms with Gasteiger partial charge in [0.15, 0.2) is 5.71 Å². The standard InChI is InChI=1S/C8H13N3O4/c1-3-9-8(12)7(10-13)5-4-6(2)11(14)15/h4-6,13H,3H2,1-2H3,(H,9,12)/b5-4+,10-7+. The van der Waals surface area contributed by atoms with E-state index < -0.39 is 16.9 Å². The molecule has 0 radical (unpaired) electrons. The Balaban J connectivity index is 4.47. The lowest BCUT2D eigenvalue weighted by molar-refractivity contribution is -0.504. The zero-order valence-electron chi connectivity index (χ0n) is 8.51. The highest BCUT2D eigenvalue weighted by atomic mass is 16.6. The summed E-state index contributed by atoms with van der Waals surface area (Å²) in [6.45, 7) is 3.44. The van der Waals surface area contributed by atoms with Gasteiger partial charge in [0.05, 0.1) is 0 Å². The van der Waals surface area contributed by atoms with Gasteiger partial charge in [-0.05, 0) is 19.1 Å². The van der Waals surface area contributed by atoms with E-state index in [9.17, 15) is 14.9 Å². The van der Waals surface area contributed by atoms with Crippen LogP contribution in [0.2, 0.25) is 0 Å². The second-order valence-corrected chi connectivity index (χ2v) is 2.73. The van der Waals surface area contributed by atoms with Crippen molar-refractivity contribution >= 4 is 11.6 Å². The lowest BCUT2D eigenvalue weighted by Gasteiger charge is -2.00. The predicted octanol–water partition coefficient (Wildman–Crippen LogP) is 0.174. The topological polar surface area (TPSA) is 105 Å². The molecular formula is C8H13N3O4. The van der Waals surface area contributed by atoms with Crippen molar-refractivity contribution in [3.8, 4) is 0 Å². The van der Waals surface area contributed by atoms with Gasteiger partial charge in [0.1, 0.15) is 0 Å². The van der Waals surface area contributed by atoms with E-state index in [2.05, 4.69) is 10.5 Å². The Bertz CT molecular complexity index is 298. The van der Waals surface area contributed by atoms with Gasteiger partial charge in [-0.1, -0.05) is 5.16 Å². The van der Waals surface area contributed by atoms with E-state index in [0.29, 0.717) is 6.54 Å². The average molecular weight is 215 g/mol. The first-order valence-electron chi connectivity index (χ1n) is 4.34. The lowest BCUT2D eigenvalue weighted by atomic mass is 10.2. The SMILES string of the molecule is CCNC(=O)C(/C=C/C(C)[N+](=O)[O-])=N/O. The number of nitrogens with zero attached hydrogens (tertiary/aromatic N) is 2. The molecule has 1 atom stereocenters. The van der Waals surface area contributed by atoms with Crippen LogP contribution in [0.4, 0.5) is 0 Å². The Morgan fingerprint density at radius 1 is 1.73 bits per heavy atom. The van der Waals surface area contributed by atoms with Crippen LogP contribution in [0.1, 0.15) is 13.8 Å². The molecule has 0 spiro atoms. The summed E-state index contributed by atoms with van der Waals surface area (Å²) in [7, 11) is 0. The Morgan fingerprint density at radius 2 is 2.33 bits per heavy atom. The van der Waals surface area contributed by atoms with E-state index >= 15 is 0 Å². The van der Waals surface area contributed by atoms with Gasteiger partial charge in [0.25, 0.3) is 5.91 Å². The van der Waals surface area contributed by atoms with Crippen LogP contribution in [0.25, 0.3) is 0 Å². The van der Waals surface area contributed by atoms with Crippen molar-refractivity contribution in [3.05, 3.63) is 22.3 Å². The Morgan fingerprint density at radius 3 is 2.73 bits per heavy atom. The van der Waals surface area contributed by atoms with Crippen LogP contribution in [-0.2, 0) is 4.79 Å². The van der Waals surface area contributed by atoms with Gasteiger partial charge in [-0.3, -0.25) is 14.9 Å². The van der Waals surface area contributed by atoms with Gasteiger partial charge in [0.2, 0.25) is 6.04 Å². The number of carbonyl (C=O) groups is 1. The molecule has 1 amide bonds. The second kappa shape index (κ2) is 6.52. The van der Waals surface area contributed by atoms with Crippen LogP contribution < -0.4 is 5.32 Å². The molecule has 0 rings (SSSR count). The molecule has 0 aromatic heterocycles. The number of carbonyl (C=O) groups excluding carboxylic acids is 1. The third-order valence-electron chi connectivity index (χ3n) is 1.54. The number of amides is 1. The summed E-state index contributed by atoms with van der Waals surface area (Å²) in [5.74, 6) is -0.577. The summed E-state index contributed by atoms with van der Waals surface area (Å²) in [5.41, 5.74) is -0.259. The number of rotatable bonds is 5. The number of nitrogens with one attached hydrogen (secondary N) is 1. The van der Waals surface area contributed by atoms with Crippen LogP contribution in [0.5, 0.6) is 0 Å². The van der Waals surface area contributed by atoms with E-state index in [1.165, 1.54) is 13.0 Å². The molecule has 0 aromatic carbocycles. The minimum Gasteiger partial charge on any atom is -0.410 e. The molecule has 0 aliphatic heterocycles. The first-order chi connectivity index (χ1) is 7.02. The summed E-state index contributed by atoms with van der Waals surface area (Å²) >= 11 is 0. The van der Waals surface area contributed by atoms with Gasteiger partial charge in [-0.25, -0.2) is 0 Å². The molecular weight excluding hydrogens is 202 g/mol. The second-order valence-electron chi connectivity index (χ2n) is 2.73. The van der Waals surface area contributed by atoms with Crippen molar-refractivity contribution in [1.82, 2.24) is 5.32 Å². The Hall–Kier alpha value is -1.92. The molecule has 7 nitrogen and oxygen atoms in total. The molecule has 0 saturated carbocycles. The van der Waals surface area contributed by atoms with Crippen molar-refractivity contribution in [2.24, 2.45) is 5.16 Å². The quantitative estimate of drug-likeness (QED) is 0.295. The first-order valence-corrected chi connectivity index (χ1v) is 4.34. The van der Waals surface area contributed by atoms with Crippen LogP contribution >= 0.6 is 0 Å². The summed E-state index contributed by atoms with van der Waals surface area (Å²) in [6.07, 6.45) is 2.28. The maximum Gasteiger partial charge on any atom is 0.273 e. The Labute approximate surface area is 86.6 Å². The van der Waals surface area contributed by atoms with Gasteiger partial charge >= 0.3 is 0 Å². The molecule has 0 fully saturated rings. The zero-order valence-corrected chi connectivity index (χ0v) is 8.51. The molecule has 7 heteroatoms. The van der Waals surface area contributed by atoms with Crippen LogP contribution in [0.3, 0.4) is 0 Å². The van der Waals surface area contributed by atoms with E-state index in [-0.39, 0.29) is 5.71 Å². The lowest BCUT2D eigenvalue weighted by Crippen LogP contribution is -2.30. The van der Waals surface area contributed by atoms with Crippen LogP contribution in [0, 0.1) is 10.1 Å². The highest BCUT2D eigenvalue weighted by Crippen LogP contribution is 1.92. The number of nitro groups is 1. The van der Waals surface area contributed by atoms with Crippen molar-refractivity contribution in [1.29, 1.82) is 0 Å². The summed E-state index contributed by atoms with van der Waals surface area (Å²) in [5, 5.41) is 23.9. The van der Waals surface area contributed by atoms with Crippen LogP contribution in [0.15, 0.2) is 17.3 Å². The molecule has 0 aromatic rings. The smallest absolute Gasteiger partial charge is 0.273 e. The van der Waals surface area contributed by atoms with E-state index in [4.69, 9.17) is 5.21 Å². The highest BCUT2D eigenvalue weighted by molar-refractivity contribution is 6.43. The first kappa shape index (κ1) is 13.1. The summed E-state index contributed by atoms with van der Waals surface area (Å²) in [4.78, 5) is 20.9. The fraction of sp³-hybridized carbons (Fsp3) is 0.500. The largest absolute Gasteiger partial charge is 0.410 e. The molecule has 2 N–H and O–H groups in total. The van der Waals surface area contributed by atoms with E-state index in [0.717, 1.165) is 6.08 Å². The maximum atomic E-state index is 11.1. The fourth-order valence-corrected chi connectivity index (χ4v) is 0.706. The minimum absolute atomic E-state index is 0.259. The molecule has 15 heavy (non-hydrogen) atoms. The Kier molecular flexibility index (Phi) is 5.69. The van der Waals surface area contributed by atoms with Gasteiger partial charge in [-0.2, -0.15) is 0 Å². The van der Waals surface area contributed by atoms with Crippen molar-refractivity contribution < 1.29 is 14.9 Å². The number of oxime groups is 1. The monoisotopic (exact) mass is 215 g/mol. The third kappa shape index (κ3) is 4.75. The van der Waals surface area contributed by atoms with Crippen molar-refractivity contribution in [2.75, 3.05) is 6.54 Å². The average Bonchev–Trinajstić information content (AvgIpc) is 2.18. The molecule has 0 heterocycles. The maximum absolute atomic E-state index is 11.1. The molecule has 0 saturated heterocycles. The number of hydrogen-bond acceptors (Lipinski definition) is 5. The normalized spacial score (nSPS) is 13.9. The van der Waals surface area contributed by atoms with Crippen LogP contribution in [-0.4, -0.2) is 34.3 Å². The summed E-state index contributed by atoms with van der Waals surface area (Å²) in [6, 6.07) is -0.934.